The quantitative estimate of drug-likeness (QED) is 0.608. The van der Waals surface area contributed by atoms with E-state index in [4.69, 9.17) is 0 Å². The second-order valence-corrected chi connectivity index (χ2v) is 6.92. The van der Waals surface area contributed by atoms with Gasteiger partial charge < -0.3 is 5.32 Å². The number of hydrogen-bond donors (Lipinski definition) is 2. The number of benzene rings is 2. The molecule has 0 unspecified atom stereocenters. The third kappa shape index (κ3) is 5.51. The molecule has 1 aliphatic carbocycles. The summed E-state index contributed by atoms with van der Waals surface area (Å²) in [7, 11) is 0. The number of nitrogens with zero attached hydrogens (tertiary/aromatic N) is 1. The van der Waals surface area contributed by atoms with Gasteiger partial charge in [-0.3, -0.25) is 9.59 Å². The first-order valence-corrected chi connectivity index (χ1v) is 9.38. The van der Waals surface area contributed by atoms with Crippen molar-refractivity contribution in [3.05, 3.63) is 65.2 Å². The van der Waals surface area contributed by atoms with Crippen molar-refractivity contribution in [2.24, 2.45) is 5.10 Å². The summed E-state index contributed by atoms with van der Waals surface area (Å²) in [6, 6.07) is 15.6. The van der Waals surface area contributed by atoms with Gasteiger partial charge in [0.25, 0.3) is 0 Å². The van der Waals surface area contributed by atoms with Crippen molar-refractivity contribution in [3.8, 4) is 0 Å². The molecular weight excluding hydrogens is 338 g/mol. The lowest BCUT2D eigenvalue weighted by atomic mass is 9.90. The standard InChI is InChI=1S/C22H25N3O2/c1-16(24-25-22(27)15-17-8-3-2-4-9-17)14-21(26)23-20-13-7-11-18-10-5-6-12-19(18)20/h2-4,7-9,11,13H,5-6,10,12,14-15H2,1H3,(H,23,26)(H,25,27)/b24-16-. The maximum absolute atomic E-state index is 12.3. The Balaban J connectivity index is 1.52. The molecule has 27 heavy (non-hydrogen) atoms. The van der Waals surface area contributed by atoms with Gasteiger partial charge in [-0.15, -0.1) is 0 Å². The molecule has 2 amide bonds. The Morgan fingerprint density at radius 3 is 2.56 bits per heavy atom. The van der Waals surface area contributed by atoms with Crippen LogP contribution < -0.4 is 10.7 Å². The minimum absolute atomic E-state index is 0.118. The number of rotatable bonds is 6. The SMILES string of the molecule is C/C(CC(=O)Nc1cccc2c1CCCC2)=N/NC(=O)Cc1ccccc1. The van der Waals surface area contributed by atoms with Crippen LogP contribution in [0.5, 0.6) is 0 Å². The van der Waals surface area contributed by atoms with E-state index in [2.05, 4.69) is 21.9 Å². The van der Waals surface area contributed by atoms with Crippen molar-refractivity contribution in [2.75, 3.05) is 5.32 Å². The molecule has 0 saturated heterocycles. The van der Waals surface area contributed by atoms with E-state index >= 15 is 0 Å². The lowest BCUT2D eigenvalue weighted by molar-refractivity contribution is -0.120. The Morgan fingerprint density at radius 1 is 0.963 bits per heavy atom. The summed E-state index contributed by atoms with van der Waals surface area (Å²) in [4.78, 5) is 24.3. The van der Waals surface area contributed by atoms with Gasteiger partial charge in [0.05, 0.1) is 12.8 Å². The Kier molecular flexibility index (Phi) is 6.36. The Bertz CT molecular complexity index is 844. The molecule has 2 N–H and O–H groups in total. The molecule has 140 valence electrons. The minimum Gasteiger partial charge on any atom is -0.325 e. The first-order chi connectivity index (χ1) is 13.1. The molecule has 2 aromatic carbocycles. The van der Waals surface area contributed by atoms with Crippen molar-refractivity contribution in [1.82, 2.24) is 5.43 Å². The van der Waals surface area contributed by atoms with Gasteiger partial charge >= 0.3 is 0 Å². The first-order valence-electron chi connectivity index (χ1n) is 9.38. The third-order valence-corrected chi connectivity index (χ3v) is 4.67. The van der Waals surface area contributed by atoms with E-state index in [1.54, 1.807) is 6.92 Å². The lowest BCUT2D eigenvalue weighted by Gasteiger charge is -2.19. The van der Waals surface area contributed by atoms with Crippen LogP contribution in [-0.2, 0) is 28.9 Å². The Hall–Kier alpha value is -2.95. The van der Waals surface area contributed by atoms with Crippen molar-refractivity contribution >= 4 is 23.2 Å². The molecular formula is C22H25N3O2. The first kappa shape index (κ1) is 18.8. The van der Waals surface area contributed by atoms with Gasteiger partial charge in [-0.05, 0) is 55.4 Å². The second kappa shape index (κ2) is 9.12. The molecule has 1 aliphatic rings. The normalized spacial score (nSPS) is 13.6. The molecule has 5 heteroatoms. The van der Waals surface area contributed by atoms with E-state index in [0.717, 1.165) is 30.5 Å². The number of hydrazone groups is 1. The molecule has 0 spiro atoms. The average molecular weight is 363 g/mol. The minimum atomic E-state index is -0.196. The van der Waals surface area contributed by atoms with E-state index in [-0.39, 0.29) is 24.7 Å². The highest BCUT2D eigenvalue weighted by molar-refractivity contribution is 6.06. The summed E-state index contributed by atoms with van der Waals surface area (Å²) in [6.07, 6.45) is 4.86. The number of fused-ring (bicyclic) bond motifs is 1. The van der Waals surface area contributed by atoms with Gasteiger partial charge in [0.2, 0.25) is 11.8 Å². The van der Waals surface area contributed by atoms with Gasteiger partial charge in [0, 0.05) is 11.4 Å². The van der Waals surface area contributed by atoms with Gasteiger partial charge in [-0.25, -0.2) is 5.43 Å². The smallest absolute Gasteiger partial charge is 0.244 e. The summed E-state index contributed by atoms with van der Waals surface area (Å²) in [5.41, 5.74) is 7.50. The van der Waals surface area contributed by atoms with Crippen LogP contribution in [0.4, 0.5) is 5.69 Å². The van der Waals surface area contributed by atoms with Crippen LogP contribution in [-0.4, -0.2) is 17.5 Å². The largest absolute Gasteiger partial charge is 0.325 e. The number of hydrogen-bond acceptors (Lipinski definition) is 3. The molecule has 0 aliphatic heterocycles. The number of nitrogens with one attached hydrogen (secondary N) is 2. The van der Waals surface area contributed by atoms with E-state index in [1.807, 2.05) is 42.5 Å². The molecule has 0 bridgehead atoms. The zero-order valence-electron chi connectivity index (χ0n) is 15.6. The van der Waals surface area contributed by atoms with Crippen molar-refractivity contribution in [2.45, 2.75) is 45.4 Å². The van der Waals surface area contributed by atoms with Crippen LogP contribution in [0.1, 0.15) is 42.9 Å². The van der Waals surface area contributed by atoms with Crippen molar-refractivity contribution in [1.29, 1.82) is 0 Å². The van der Waals surface area contributed by atoms with Gasteiger partial charge in [-0.2, -0.15) is 5.10 Å². The highest BCUT2D eigenvalue weighted by Crippen LogP contribution is 2.27. The summed E-state index contributed by atoms with van der Waals surface area (Å²) < 4.78 is 0. The topological polar surface area (TPSA) is 70.6 Å². The molecule has 0 aromatic heterocycles. The van der Waals surface area contributed by atoms with Crippen LogP contribution >= 0.6 is 0 Å². The monoisotopic (exact) mass is 363 g/mol. The number of carbonyl (C=O) groups is 2. The summed E-state index contributed by atoms with van der Waals surface area (Å²) in [6.45, 7) is 1.74. The molecule has 0 heterocycles. The number of anilines is 1. The fourth-order valence-corrected chi connectivity index (χ4v) is 3.34. The van der Waals surface area contributed by atoms with Crippen LogP contribution in [0.25, 0.3) is 0 Å². The van der Waals surface area contributed by atoms with E-state index in [9.17, 15) is 9.59 Å². The maximum atomic E-state index is 12.3. The van der Waals surface area contributed by atoms with Crippen molar-refractivity contribution in [3.63, 3.8) is 0 Å². The van der Waals surface area contributed by atoms with Crippen LogP contribution in [0.3, 0.4) is 0 Å². The van der Waals surface area contributed by atoms with Crippen LogP contribution in [0, 0.1) is 0 Å². The number of carbonyl (C=O) groups excluding carboxylic acids is 2. The molecule has 0 saturated carbocycles. The summed E-state index contributed by atoms with van der Waals surface area (Å²) >= 11 is 0. The predicted octanol–water partition coefficient (Wildman–Crippen LogP) is 3.63. The summed E-state index contributed by atoms with van der Waals surface area (Å²) in [5.74, 6) is -0.314. The maximum Gasteiger partial charge on any atom is 0.244 e. The molecule has 2 aromatic rings. The zero-order valence-corrected chi connectivity index (χ0v) is 15.6. The molecule has 0 atom stereocenters. The number of amides is 2. The molecule has 0 fully saturated rings. The van der Waals surface area contributed by atoms with E-state index in [0.29, 0.717) is 5.71 Å². The molecule has 0 radical (unpaired) electrons. The second-order valence-electron chi connectivity index (χ2n) is 6.92. The van der Waals surface area contributed by atoms with Crippen LogP contribution in [0.15, 0.2) is 53.6 Å². The fourth-order valence-electron chi connectivity index (χ4n) is 3.34. The summed E-state index contributed by atoms with van der Waals surface area (Å²) in [5, 5.41) is 7.04. The van der Waals surface area contributed by atoms with E-state index in [1.165, 1.54) is 17.5 Å². The van der Waals surface area contributed by atoms with E-state index < -0.39 is 0 Å². The molecule has 5 nitrogen and oxygen atoms in total. The average Bonchev–Trinajstić information content (AvgIpc) is 2.67. The highest BCUT2D eigenvalue weighted by atomic mass is 16.2. The zero-order chi connectivity index (χ0) is 19.1. The molecule has 3 rings (SSSR count). The Morgan fingerprint density at radius 2 is 1.74 bits per heavy atom. The number of aryl methyl sites for hydroxylation is 1. The van der Waals surface area contributed by atoms with Gasteiger partial charge in [-0.1, -0.05) is 42.5 Å². The Labute approximate surface area is 159 Å². The predicted molar refractivity (Wildman–Crippen MR) is 108 cm³/mol. The van der Waals surface area contributed by atoms with Crippen LogP contribution in [0.2, 0.25) is 0 Å². The third-order valence-electron chi connectivity index (χ3n) is 4.67. The van der Waals surface area contributed by atoms with Gasteiger partial charge in [0.15, 0.2) is 0 Å². The van der Waals surface area contributed by atoms with Gasteiger partial charge in [0.1, 0.15) is 0 Å². The van der Waals surface area contributed by atoms with Crippen molar-refractivity contribution < 1.29 is 9.59 Å². The highest BCUT2D eigenvalue weighted by Gasteiger charge is 2.14. The fraction of sp³-hybridized carbons (Fsp3) is 0.318. The lowest BCUT2D eigenvalue weighted by Crippen LogP contribution is -2.23.